The lowest BCUT2D eigenvalue weighted by molar-refractivity contribution is 0.00356. The summed E-state index contributed by atoms with van der Waals surface area (Å²) in [5, 5.41) is 16.7. The molecule has 5 nitrogen and oxygen atoms in total. The van der Waals surface area contributed by atoms with Crippen molar-refractivity contribution in [1.82, 2.24) is 0 Å². The SMILES string of the molecule is N=C(N)c1ccccc1N1CCOC(CO)C1. The molecular formula is C12H17N3O2. The lowest BCUT2D eigenvalue weighted by Crippen LogP contribution is -2.44. The number of nitrogens with one attached hydrogen (secondary N) is 1. The van der Waals surface area contributed by atoms with Crippen molar-refractivity contribution in [3.05, 3.63) is 29.8 Å². The number of rotatable bonds is 3. The van der Waals surface area contributed by atoms with Crippen LogP contribution < -0.4 is 10.6 Å². The first-order valence-electron chi connectivity index (χ1n) is 5.63. The van der Waals surface area contributed by atoms with Crippen LogP contribution in [0.25, 0.3) is 0 Å². The van der Waals surface area contributed by atoms with Crippen LogP contribution in [0.4, 0.5) is 5.69 Å². The maximum absolute atomic E-state index is 9.12. The highest BCUT2D eigenvalue weighted by molar-refractivity contribution is 6.00. The summed E-state index contributed by atoms with van der Waals surface area (Å²) in [6, 6.07) is 7.56. The summed E-state index contributed by atoms with van der Waals surface area (Å²) in [7, 11) is 0. The second-order valence-corrected chi connectivity index (χ2v) is 4.05. The minimum absolute atomic E-state index is 0.0126. The molecule has 1 atom stereocenters. The second kappa shape index (κ2) is 5.16. The van der Waals surface area contributed by atoms with Crippen molar-refractivity contribution in [3.63, 3.8) is 0 Å². The third-order valence-electron chi connectivity index (χ3n) is 2.88. The molecule has 1 aromatic carbocycles. The maximum Gasteiger partial charge on any atom is 0.124 e. The van der Waals surface area contributed by atoms with E-state index >= 15 is 0 Å². The number of anilines is 1. The van der Waals surface area contributed by atoms with Crippen molar-refractivity contribution in [3.8, 4) is 0 Å². The van der Waals surface area contributed by atoms with Crippen LogP contribution in [0.3, 0.4) is 0 Å². The molecule has 0 saturated carbocycles. The number of hydrogen-bond acceptors (Lipinski definition) is 4. The molecule has 1 aromatic rings. The number of benzene rings is 1. The summed E-state index contributed by atoms with van der Waals surface area (Å²) in [4.78, 5) is 2.10. The van der Waals surface area contributed by atoms with Crippen molar-refractivity contribution in [1.29, 1.82) is 5.41 Å². The Morgan fingerprint density at radius 3 is 3.00 bits per heavy atom. The van der Waals surface area contributed by atoms with Gasteiger partial charge in [-0.25, -0.2) is 0 Å². The molecule has 1 fully saturated rings. The van der Waals surface area contributed by atoms with Gasteiger partial charge >= 0.3 is 0 Å². The van der Waals surface area contributed by atoms with Gasteiger partial charge in [-0.1, -0.05) is 12.1 Å². The minimum atomic E-state index is -0.163. The average Bonchev–Trinajstić information content (AvgIpc) is 2.39. The van der Waals surface area contributed by atoms with Gasteiger partial charge in [0.15, 0.2) is 0 Å². The number of aliphatic hydroxyl groups is 1. The summed E-state index contributed by atoms with van der Waals surface area (Å²) < 4.78 is 5.40. The van der Waals surface area contributed by atoms with Crippen LogP contribution >= 0.6 is 0 Å². The normalized spacial score (nSPS) is 20.3. The van der Waals surface area contributed by atoms with E-state index in [2.05, 4.69) is 4.90 Å². The largest absolute Gasteiger partial charge is 0.394 e. The smallest absolute Gasteiger partial charge is 0.124 e. The Kier molecular flexibility index (Phi) is 3.61. The van der Waals surface area contributed by atoms with Crippen LogP contribution in [0.1, 0.15) is 5.56 Å². The first-order valence-corrected chi connectivity index (χ1v) is 5.63. The molecule has 2 rings (SSSR count). The third kappa shape index (κ3) is 2.57. The van der Waals surface area contributed by atoms with Crippen LogP contribution in [0.2, 0.25) is 0 Å². The number of ether oxygens (including phenoxy) is 1. The molecule has 1 aliphatic rings. The highest BCUT2D eigenvalue weighted by Crippen LogP contribution is 2.22. The topological polar surface area (TPSA) is 82.6 Å². The first kappa shape index (κ1) is 11.9. The van der Waals surface area contributed by atoms with Crippen LogP contribution in [0.5, 0.6) is 0 Å². The van der Waals surface area contributed by atoms with Crippen molar-refractivity contribution in [2.75, 3.05) is 31.2 Å². The van der Waals surface area contributed by atoms with Crippen LogP contribution in [0, 0.1) is 5.41 Å². The highest BCUT2D eigenvalue weighted by Gasteiger charge is 2.21. The molecule has 4 N–H and O–H groups in total. The van der Waals surface area contributed by atoms with Crippen molar-refractivity contribution < 1.29 is 9.84 Å². The molecule has 1 unspecified atom stereocenters. The number of hydrogen-bond donors (Lipinski definition) is 3. The van der Waals surface area contributed by atoms with Gasteiger partial charge in [0.25, 0.3) is 0 Å². The summed E-state index contributed by atoms with van der Waals surface area (Å²) in [5.74, 6) is 0.0626. The Labute approximate surface area is 100 Å². The van der Waals surface area contributed by atoms with Gasteiger partial charge in [-0.15, -0.1) is 0 Å². The Morgan fingerprint density at radius 2 is 2.29 bits per heavy atom. The summed E-state index contributed by atoms with van der Waals surface area (Å²) in [5.41, 5.74) is 7.22. The van der Waals surface area contributed by atoms with E-state index in [1.807, 2.05) is 24.3 Å². The number of nitrogens with zero attached hydrogens (tertiary/aromatic N) is 1. The quantitative estimate of drug-likeness (QED) is 0.515. The number of aliphatic hydroxyl groups excluding tert-OH is 1. The molecule has 1 aliphatic heterocycles. The van der Waals surface area contributed by atoms with E-state index < -0.39 is 0 Å². The molecule has 0 aromatic heterocycles. The summed E-state index contributed by atoms with van der Waals surface area (Å²) in [6.45, 7) is 1.97. The van der Waals surface area contributed by atoms with Gasteiger partial charge < -0.3 is 20.5 Å². The standard InChI is InChI=1S/C12H17N3O2/c13-12(14)10-3-1-2-4-11(10)15-5-6-17-9(7-15)8-16/h1-4,9,16H,5-8H2,(H3,13,14). The van der Waals surface area contributed by atoms with E-state index in [0.29, 0.717) is 13.2 Å². The Bertz CT molecular complexity index is 408. The highest BCUT2D eigenvalue weighted by atomic mass is 16.5. The molecule has 5 heteroatoms. The molecular weight excluding hydrogens is 218 g/mol. The molecule has 92 valence electrons. The molecule has 0 amide bonds. The maximum atomic E-state index is 9.12. The first-order chi connectivity index (χ1) is 8.22. The van der Waals surface area contributed by atoms with Gasteiger partial charge in [-0.3, -0.25) is 5.41 Å². The molecule has 17 heavy (non-hydrogen) atoms. The van der Waals surface area contributed by atoms with Crippen molar-refractivity contribution in [2.24, 2.45) is 5.73 Å². The third-order valence-corrected chi connectivity index (χ3v) is 2.88. The zero-order valence-electron chi connectivity index (χ0n) is 9.60. The molecule has 1 heterocycles. The second-order valence-electron chi connectivity index (χ2n) is 4.05. The van der Waals surface area contributed by atoms with Gasteiger partial charge in [0.05, 0.1) is 19.3 Å². The van der Waals surface area contributed by atoms with Gasteiger partial charge in [0.1, 0.15) is 5.84 Å². The van der Waals surface area contributed by atoms with Gasteiger partial charge in [-0.2, -0.15) is 0 Å². The van der Waals surface area contributed by atoms with E-state index in [9.17, 15) is 0 Å². The molecule has 0 bridgehead atoms. The fraction of sp³-hybridized carbons (Fsp3) is 0.417. The lowest BCUT2D eigenvalue weighted by Gasteiger charge is -2.34. The minimum Gasteiger partial charge on any atom is -0.394 e. The van der Waals surface area contributed by atoms with Crippen molar-refractivity contribution in [2.45, 2.75) is 6.10 Å². The van der Waals surface area contributed by atoms with Crippen molar-refractivity contribution >= 4 is 11.5 Å². The fourth-order valence-electron chi connectivity index (χ4n) is 2.03. The zero-order valence-corrected chi connectivity index (χ0v) is 9.60. The predicted molar refractivity (Wildman–Crippen MR) is 66.5 cm³/mol. The zero-order chi connectivity index (χ0) is 12.3. The van der Waals surface area contributed by atoms with Gasteiger partial charge in [0, 0.05) is 24.3 Å². The van der Waals surface area contributed by atoms with E-state index in [1.54, 1.807) is 0 Å². The van der Waals surface area contributed by atoms with Gasteiger partial charge in [-0.05, 0) is 12.1 Å². The van der Waals surface area contributed by atoms with E-state index in [4.69, 9.17) is 21.0 Å². The average molecular weight is 235 g/mol. The van der Waals surface area contributed by atoms with E-state index in [-0.39, 0.29) is 18.5 Å². The molecule has 0 radical (unpaired) electrons. The fourth-order valence-corrected chi connectivity index (χ4v) is 2.03. The van der Waals surface area contributed by atoms with Gasteiger partial charge in [0.2, 0.25) is 0 Å². The monoisotopic (exact) mass is 235 g/mol. The Hall–Kier alpha value is -1.59. The molecule has 0 spiro atoms. The number of amidine groups is 1. The number of morpholine rings is 1. The summed E-state index contributed by atoms with van der Waals surface area (Å²) in [6.07, 6.45) is -0.163. The predicted octanol–water partition coefficient (Wildman–Crippen LogP) is 0.168. The van der Waals surface area contributed by atoms with Crippen LogP contribution in [0.15, 0.2) is 24.3 Å². The number of nitrogens with two attached hydrogens (primary N) is 1. The lowest BCUT2D eigenvalue weighted by atomic mass is 10.1. The van der Waals surface area contributed by atoms with Crippen LogP contribution in [-0.2, 0) is 4.74 Å². The Morgan fingerprint density at radius 1 is 1.53 bits per heavy atom. The molecule has 0 aliphatic carbocycles. The van der Waals surface area contributed by atoms with E-state index in [0.717, 1.165) is 17.8 Å². The number of nitrogen functional groups attached to an aromatic ring is 1. The number of para-hydroxylation sites is 1. The molecule has 1 saturated heterocycles. The Balaban J connectivity index is 2.24. The summed E-state index contributed by atoms with van der Waals surface area (Å²) >= 11 is 0. The van der Waals surface area contributed by atoms with Crippen LogP contribution in [-0.4, -0.2) is 43.3 Å². The van der Waals surface area contributed by atoms with E-state index in [1.165, 1.54) is 0 Å².